The number of rotatable bonds is 6. The van der Waals surface area contributed by atoms with Crippen molar-refractivity contribution in [1.29, 1.82) is 0 Å². The lowest BCUT2D eigenvalue weighted by Crippen LogP contribution is -2.42. The maximum Gasteiger partial charge on any atom is 0.112 e. The van der Waals surface area contributed by atoms with Crippen LogP contribution in [0.4, 0.5) is 0 Å². The Kier molecular flexibility index (Phi) is 4.89. The SMILES string of the molecule is COCCC(C)NC(C)(C)c1nc(C)cs1. The van der Waals surface area contributed by atoms with Crippen molar-refractivity contribution in [2.24, 2.45) is 0 Å². The van der Waals surface area contributed by atoms with Crippen molar-refractivity contribution in [3.8, 4) is 0 Å². The van der Waals surface area contributed by atoms with E-state index in [1.165, 1.54) is 0 Å². The molecule has 0 bridgehead atoms. The van der Waals surface area contributed by atoms with Gasteiger partial charge in [-0.15, -0.1) is 11.3 Å². The summed E-state index contributed by atoms with van der Waals surface area (Å²) in [6.45, 7) is 9.36. The molecule has 0 saturated heterocycles. The summed E-state index contributed by atoms with van der Waals surface area (Å²) in [5, 5.41) is 6.83. The van der Waals surface area contributed by atoms with Gasteiger partial charge < -0.3 is 10.1 Å². The molecule has 1 aromatic rings. The Morgan fingerprint density at radius 2 is 2.25 bits per heavy atom. The summed E-state index contributed by atoms with van der Waals surface area (Å²) in [6.07, 6.45) is 1.02. The molecule has 0 aliphatic rings. The number of thiazole rings is 1. The zero-order chi connectivity index (χ0) is 12.2. The van der Waals surface area contributed by atoms with E-state index in [1.54, 1.807) is 18.4 Å². The van der Waals surface area contributed by atoms with E-state index in [-0.39, 0.29) is 5.54 Å². The Balaban J connectivity index is 2.57. The Morgan fingerprint density at radius 3 is 2.75 bits per heavy atom. The summed E-state index contributed by atoms with van der Waals surface area (Å²) < 4.78 is 5.08. The van der Waals surface area contributed by atoms with Crippen LogP contribution in [-0.4, -0.2) is 24.7 Å². The van der Waals surface area contributed by atoms with Crippen molar-refractivity contribution in [3.63, 3.8) is 0 Å². The molecule has 0 fully saturated rings. The van der Waals surface area contributed by atoms with Gasteiger partial charge in [0.2, 0.25) is 0 Å². The maximum absolute atomic E-state index is 5.08. The fourth-order valence-corrected chi connectivity index (χ4v) is 2.57. The highest BCUT2D eigenvalue weighted by Crippen LogP contribution is 2.24. The average Bonchev–Trinajstić information content (AvgIpc) is 2.62. The van der Waals surface area contributed by atoms with Gasteiger partial charge >= 0.3 is 0 Å². The summed E-state index contributed by atoms with van der Waals surface area (Å²) in [4.78, 5) is 4.54. The Hall–Kier alpha value is -0.450. The number of hydrogen-bond donors (Lipinski definition) is 1. The van der Waals surface area contributed by atoms with E-state index in [9.17, 15) is 0 Å². The van der Waals surface area contributed by atoms with Gasteiger partial charge in [0.25, 0.3) is 0 Å². The van der Waals surface area contributed by atoms with Crippen LogP contribution in [0.3, 0.4) is 0 Å². The molecule has 0 aliphatic heterocycles. The zero-order valence-corrected chi connectivity index (χ0v) is 11.6. The molecule has 1 heterocycles. The number of aryl methyl sites for hydroxylation is 1. The van der Waals surface area contributed by atoms with Crippen molar-refractivity contribution in [3.05, 3.63) is 16.1 Å². The van der Waals surface area contributed by atoms with Crippen LogP contribution in [0.25, 0.3) is 0 Å². The Morgan fingerprint density at radius 1 is 1.56 bits per heavy atom. The van der Waals surface area contributed by atoms with Crippen LogP contribution in [0.1, 0.15) is 37.9 Å². The van der Waals surface area contributed by atoms with E-state index < -0.39 is 0 Å². The van der Waals surface area contributed by atoms with Gasteiger partial charge in [-0.2, -0.15) is 0 Å². The van der Waals surface area contributed by atoms with Crippen LogP contribution in [0, 0.1) is 6.92 Å². The molecule has 92 valence electrons. The second-order valence-electron chi connectivity index (χ2n) is 4.75. The number of nitrogens with one attached hydrogen (secondary N) is 1. The molecular formula is C12H22N2OS. The summed E-state index contributed by atoms with van der Waals surface area (Å²) in [5.74, 6) is 0. The molecule has 0 aromatic carbocycles. The average molecular weight is 242 g/mol. The molecule has 1 aromatic heterocycles. The van der Waals surface area contributed by atoms with E-state index in [0.29, 0.717) is 6.04 Å². The minimum absolute atomic E-state index is 0.0634. The van der Waals surface area contributed by atoms with Crippen molar-refractivity contribution >= 4 is 11.3 Å². The third-order valence-corrected chi connectivity index (χ3v) is 3.80. The van der Waals surface area contributed by atoms with E-state index in [4.69, 9.17) is 4.74 Å². The standard InChI is InChI=1S/C12H22N2OS/c1-9(6-7-15-5)14-12(3,4)11-13-10(2)8-16-11/h8-9,14H,6-7H2,1-5H3. The molecule has 0 spiro atoms. The van der Waals surface area contributed by atoms with Gasteiger partial charge in [0.05, 0.1) is 5.54 Å². The van der Waals surface area contributed by atoms with Crippen LogP contribution in [-0.2, 0) is 10.3 Å². The van der Waals surface area contributed by atoms with Gasteiger partial charge in [-0.25, -0.2) is 4.98 Å². The van der Waals surface area contributed by atoms with Crippen LogP contribution in [0.5, 0.6) is 0 Å². The lowest BCUT2D eigenvalue weighted by molar-refractivity contribution is 0.178. The number of hydrogen-bond acceptors (Lipinski definition) is 4. The smallest absolute Gasteiger partial charge is 0.112 e. The first kappa shape index (κ1) is 13.6. The van der Waals surface area contributed by atoms with Crippen LogP contribution < -0.4 is 5.32 Å². The summed E-state index contributed by atoms with van der Waals surface area (Å²) in [5.41, 5.74) is 1.03. The molecule has 0 aliphatic carbocycles. The number of aromatic nitrogens is 1. The third-order valence-electron chi connectivity index (χ3n) is 2.52. The largest absolute Gasteiger partial charge is 0.385 e. The topological polar surface area (TPSA) is 34.1 Å². The predicted molar refractivity (Wildman–Crippen MR) is 69.0 cm³/mol. The molecule has 0 saturated carbocycles. The van der Waals surface area contributed by atoms with E-state index in [0.717, 1.165) is 23.7 Å². The highest BCUT2D eigenvalue weighted by atomic mass is 32.1. The van der Waals surface area contributed by atoms with Gasteiger partial charge in [-0.1, -0.05) is 0 Å². The first-order chi connectivity index (χ1) is 7.45. The van der Waals surface area contributed by atoms with Crippen LogP contribution >= 0.6 is 11.3 Å². The summed E-state index contributed by atoms with van der Waals surface area (Å²) >= 11 is 1.72. The Labute approximate surface area is 102 Å². The van der Waals surface area contributed by atoms with Crippen LogP contribution in [0.15, 0.2) is 5.38 Å². The van der Waals surface area contributed by atoms with E-state index in [1.807, 2.05) is 6.92 Å². The van der Waals surface area contributed by atoms with Crippen LogP contribution in [0.2, 0.25) is 0 Å². The maximum atomic E-state index is 5.08. The van der Waals surface area contributed by atoms with Crippen molar-refractivity contribution in [1.82, 2.24) is 10.3 Å². The number of nitrogens with zero attached hydrogens (tertiary/aromatic N) is 1. The lowest BCUT2D eigenvalue weighted by Gasteiger charge is -2.28. The first-order valence-electron chi connectivity index (χ1n) is 5.65. The van der Waals surface area contributed by atoms with Gasteiger partial charge in [-0.05, 0) is 34.1 Å². The predicted octanol–water partition coefficient (Wildman–Crippen LogP) is 2.70. The second-order valence-corrected chi connectivity index (χ2v) is 5.60. The summed E-state index contributed by atoms with van der Waals surface area (Å²) in [6, 6.07) is 0.430. The fourth-order valence-electron chi connectivity index (χ4n) is 1.69. The normalized spacial score (nSPS) is 14.1. The third kappa shape index (κ3) is 3.85. The molecule has 16 heavy (non-hydrogen) atoms. The molecular weight excluding hydrogens is 220 g/mol. The quantitative estimate of drug-likeness (QED) is 0.833. The molecule has 1 N–H and O–H groups in total. The Bertz CT molecular complexity index is 323. The van der Waals surface area contributed by atoms with Crippen molar-refractivity contribution in [2.75, 3.05) is 13.7 Å². The molecule has 1 atom stereocenters. The second kappa shape index (κ2) is 5.75. The van der Waals surface area contributed by atoms with E-state index in [2.05, 4.69) is 36.5 Å². The van der Waals surface area contributed by atoms with Gasteiger partial charge in [0, 0.05) is 30.8 Å². The lowest BCUT2D eigenvalue weighted by atomic mass is 10.0. The molecule has 1 unspecified atom stereocenters. The molecule has 1 rings (SSSR count). The van der Waals surface area contributed by atoms with E-state index >= 15 is 0 Å². The monoisotopic (exact) mass is 242 g/mol. The number of methoxy groups -OCH3 is 1. The van der Waals surface area contributed by atoms with Crippen molar-refractivity contribution < 1.29 is 4.74 Å². The minimum atomic E-state index is -0.0634. The highest BCUT2D eigenvalue weighted by Gasteiger charge is 2.25. The van der Waals surface area contributed by atoms with Gasteiger partial charge in [0.1, 0.15) is 5.01 Å². The molecule has 3 nitrogen and oxygen atoms in total. The zero-order valence-electron chi connectivity index (χ0n) is 10.8. The fraction of sp³-hybridized carbons (Fsp3) is 0.750. The van der Waals surface area contributed by atoms with Gasteiger partial charge in [0.15, 0.2) is 0 Å². The molecule has 4 heteroatoms. The summed E-state index contributed by atoms with van der Waals surface area (Å²) in [7, 11) is 1.74. The first-order valence-corrected chi connectivity index (χ1v) is 6.53. The molecule has 0 radical (unpaired) electrons. The highest BCUT2D eigenvalue weighted by molar-refractivity contribution is 7.09. The van der Waals surface area contributed by atoms with Crippen molar-refractivity contribution in [2.45, 2.75) is 45.7 Å². The van der Waals surface area contributed by atoms with Gasteiger partial charge in [-0.3, -0.25) is 0 Å². The minimum Gasteiger partial charge on any atom is -0.385 e. The molecule has 0 amide bonds. The number of ether oxygens (including phenoxy) is 1.